The zero-order valence-electron chi connectivity index (χ0n) is 13.1. The number of rotatable bonds is 4. The van der Waals surface area contributed by atoms with Gasteiger partial charge in [-0.2, -0.15) is 0 Å². The minimum absolute atomic E-state index is 0.0430. The molecule has 3 heterocycles. The number of hydrogen-bond donors (Lipinski definition) is 1. The second-order valence-electron chi connectivity index (χ2n) is 5.85. The van der Waals surface area contributed by atoms with Gasteiger partial charge in [0.05, 0.1) is 12.6 Å². The van der Waals surface area contributed by atoms with E-state index < -0.39 is 0 Å². The maximum atomic E-state index is 12.5. The molecular weight excluding hydrogens is 336 g/mol. The standard InChI is InChI=1S/C19H18N2OS2/c22-18(20-14-5-2-1-3-6-14)13-21-10-8-16-15(9-12-24-16)19(21)17-7-4-11-23-17/h1-7,9,11-12,19H,8,10,13H2,(H,20,22)/t19-/m1/s1. The third-order valence-electron chi connectivity index (χ3n) is 4.28. The maximum Gasteiger partial charge on any atom is 0.238 e. The van der Waals surface area contributed by atoms with Gasteiger partial charge < -0.3 is 5.32 Å². The fraction of sp³-hybridized carbons (Fsp3) is 0.211. The topological polar surface area (TPSA) is 32.3 Å². The minimum atomic E-state index is 0.0430. The van der Waals surface area contributed by atoms with Crippen molar-refractivity contribution in [1.29, 1.82) is 0 Å². The van der Waals surface area contributed by atoms with E-state index in [1.807, 2.05) is 41.7 Å². The summed E-state index contributed by atoms with van der Waals surface area (Å²) >= 11 is 3.59. The SMILES string of the molecule is O=C(CN1CCc2sccc2[C@@H]1c1cccs1)Nc1ccccc1. The van der Waals surface area contributed by atoms with Crippen LogP contribution in [0.2, 0.25) is 0 Å². The van der Waals surface area contributed by atoms with E-state index >= 15 is 0 Å². The van der Waals surface area contributed by atoms with Crippen LogP contribution in [-0.2, 0) is 11.2 Å². The van der Waals surface area contributed by atoms with Crippen LogP contribution in [0.3, 0.4) is 0 Å². The van der Waals surface area contributed by atoms with Gasteiger partial charge in [0.1, 0.15) is 0 Å². The molecule has 3 aromatic rings. The van der Waals surface area contributed by atoms with Crippen molar-refractivity contribution in [2.45, 2.75) is 12.5 Å². The molecule has 1 aliphatic heterocycles. The molecule has 0 unspecified atom stereocenters. The van der Waals surface area contributed by atoms with Crippen molar-refractivity contribution < 1.29 is 4.79 Å². The number of amides is 1. The van der Waals surface area contributed by atoms with Gasteiger partial charge in [-0.25, -0.2) is 0 Å². The molecule has 1 N–H and O–H groups in total. The van der Waals surface area contributed by atoms with Gasteiger partial charge in [0.2, 0.25) is 5.91 Å². The lowest BCUT2D eigenvalue weighted by Gasteiger charge is -2.34. The number of thiophene rings is 2. The zero-order chi connectivity index (χ0) is 16.4. The fourth-order valence-electron chi connectivity index (χ4n) is 3.23. The van der Waals surface area contributed by atoms with Gasteiger partial charge in [0.25, 0.3) is 0 Å². The minimum Gasteiger partial charge on any atom is -0.325 e. The average molecular weight is 355 g/mol. The van der Waals surface area contributed by atoms with E-state index in [0.717, 1.165) is 18.7 Å². The summed E-state index contributed by atoms with van der Waals surface area (Å²) < 4.78 is 0. The van der Waals surface area contributed by atoms with Crippen LogP contribution in [0.15, 0.2) is 59.3 Å². The fourth-order valence-corrected chi connectivity index (χ4v) is 5.01. The van der Waals surface area contributed by atoms with Crippen molar-refractivity contribution in [2.75, 3.05) is 18.4 Å². The van der Waals surface area contributed by atoms with Crippen molar-refractivity contribution >= 4 is 34.3 Å². The Balaban J connectivity index is 1.54. The summed E-state index contributed by atoms with van der Waals surface area (Å²) in [6.07, 6.45) is 1.02. The highest BCUT2D eigenvalue weighted by atomic mass is 32.1. The number of nitrogens with zero attached hydrogens (tertiary/aromatic N) is 1. The van der Waals surface area contributed by atoms with Crippen molar-refractivity contribution in [3.8, 4) is 0 Å². The Morgan fingerprint density at radius 1 is 1.08 bits per heavy atom. The normalized spacial score (nSPS) is 17.4. The number of benzene rings is 1. The number of carbonyl (C=O) groups excluding carboxylic acids is 1. The molecule has 1 aromatic carbocycles. The number of para-hydroxylation sites is 1. The monoisotopic (exact) mass is 354 g/mol. The first-order valence-electron chi connectivity index (χ1n) is 8.00. The predicted octanol–water partition coefficient (Wildman–Crippen LogP) is 4.40. The van der Waals surface area contributed by atoms with E-state index in [1.165, 1.54) is 15.3 Å². The first-order chi connectivity index (χ1) is 11.8. The average Bonchev–Trinajstić information content (AvgIpc) is 3.27. The van der Waals surface area contributed by atoms with Gasteiger partial charge in [-0.15, -0.1) is 22.7 Å². The summed E-state index contributed by atoms with van der Waals surface area (Å²) in [5.74, 6) is 0.0430. The third-order valence-corrected chi connectivity index (χ3v) is 6.20. The number of fused-ring (bicyclic) bond motifs is 1. The molecule has 3 nitrogen and oxygen atoms in total. The van der Waals surface area contributed by atoms with E-state index in [0.29, 0.717) is 6.54 Å². The highest BCUT2D eigenvalue weighted by Crippen LogP contribution is 2.39. The molecule has 122 valence electrons. The van der Waals surface area contributed by atoms with E-state index in [1.54, 1.807) is 11.3 Å². The van der Waals surface area contributed by atoms with Crippen molar-refractivity contribution in [2.24, 2.45) is 0 Å². The van der Waals surface area contributed by atoms with Gasteiger partial charge in [0.15, 0.2) is 0 Å². The predicted molar refractivity (Wildman–Crippen MR) is 101 cm³/mol. The summed E-state index contributed by atoms with van der Waals surface area (Å²) in [7, 11) is 0. The highest BCUT2D eigenvalue weighted by molar-refractivity contribution is 7.10. The maximum absolute atomic E-state index is 12.5. The van der Waals surface area contributed by atoms with E-state index in [2.05, 4.69) is 39.2 Å². The Morgan fingerprint density at radius 3 is 2.75 bits per heavy atom. The number of nitrogens with one attached hydrogen (secondary N) is 1. The largest absolute Gasteiger partial charge is 0.325 e. The number of hydrogen-bond acceptors (Lipinski definition) is 4. The van der Waals surface area contributed by atoms with Crippen LogP contribution in [-0.4, -0.2) is 23.9 Å². The Kier molecular flexibility index (Phi) is 4.47. The van der Waals surface area contributed by atoms with Crippen molar-refractivity contribution in [1.82, 2.24) is 4.90 Å². The molecule has 1 atom stereocenters. The van der Waals surface area contributed by atoms with Crippen LogP contribution in [0.1, 0.15) is 21.4 Å². The molecule has 1 aliphatic rings. The lowest BCUT2D eigenvalue weighted by atomic mass is 9.98. The highest BCUT2D eigenvalue weighted by Gasteiger charge is 2.31. The second-order valence-corrected chi connectivity index (χ2v) is 7.83. The third kappa shape index (κ3) is 3.15. The quantitative estimate of drug-likeness (QED) is 0.753. The Hall–Kier alpha value is -1.95. The molecular formula is C19H18N2OS2. The lowest BCUT2D eigenvalue weighted by Crippen LogP contribution is -2.40. The summed E-state index contributed by atoms with van der Waals surface area (Å²) in [5.41, 5.74) is 2.21. The van der Waals surface area contributed by atoms with Crippen LogP contribution in [0.5, 0.6) is 0 Å². The van der Waals surface area contributed by atoms with E-state index in [4.69, 9.17) is 0 Å². The molecule has 1 amide bonds. The lowest BCUT2D eigenvalue weighted by molar-refractivity contribution is -0.117. The molecule has 0 saturated carbocycles. The van der Waals surface area contributed by atoms with Crippen molar-refractivity contribution in [3.05, 3.63) is 74.6 Å². The van der Waals surface area contributed by atoms with Gasteiger partial charge >= 0.3 is 0 Å². The summed E-state index contributed by atoms with van der Waals surface area (Å²) in [6, 6.07) is 16.3. The Labute approximate surface area is 149 Å². The number of carbonyl (C=O) groups is 1. The van der Waals surface area contributed by atoms with Crippen molar-refractivity contribution in [3.63, 3.8) is 0 Å². The first kappa shape index (κ1) is 15.6. The van der Waals surface area contributed by atoms with Crippen LogP contribution in [0.25, 0.3) is 0 Å². The van der Waals surface area contributed by atoms with Gasteiger partial charge in [-0.1, -0.05) is 24.3 Å². The summed E-state index contributed by atoms with van der Waals surface area (Å²) in [6.45, 7) is 1.32. The molecule has 0 aliphatic carbocycles. The van der Waals surface area contributed by atoms with Gasteiger partial charge in [-0.05, 0) is 47.0 Å². The van der Waals surface area contributed by atoms with E-state index in [-0.39, 0.29) is 11.9 Å². The molecule has 0 spiro atoms. The summed E-state index contributed by atoms with van der Waals surface area (Å²) in [5, 5.41) is 7.27. The van der Waals surface area contributed by atoms with Crippen LogP contribution in [0, 0.1) is 0 Å². The molecule has 5 heteroatoms. The van der Waals surface area contributed by atoms with Crippen LogP contribution < -0.4 is 5.32 Å². The smallest absolute Gasteiger partial charge is 0.238 e. The molecule has 0 radical (unpaired) electrons. The number of anilines is 1. The summed E-state index contributed by atoms with van der Waals surface area (Å²) in [4.78, 5) is 17.5. The van der Waals surface area contributed by atoms with Crippen LogP contribution >= 0.6 is 22.7 Å². The molecule has 4 rings (SSSR count). The Morgan fingerprint density at radius 2 is 1.96 bits per heavy atom. The molecule has 0 bridgehead atoms. The van der Waals surface area contributed by atoms with E-state index in [9.17, 15) is 4.79 Å². The molecule has 24 heavy (non-hydrogen) atoms. The van der Waals surface area contributed by atoms with Gasteiger partial charge in [0, 0.05) is 22.0 Å². The molecule has 0 fully saturated rings. The molecule has 2 aromatic heterocycles. The first-order valence-corrected chi connectivity index (χ1v) is 9.76. The zero-order valence-corrected chi connectivity index (χ0v) is 14.8. The van der Waals surface area contributed by atoms with Crippen LogP contribution in [0.4, 0.5) is 5.69 Å². The second kappa shape index (κ2) is 6.89. The van der Waals surface area contributed by atoms with Gasteiger partial charge in [-0.3, -0.25) is 9.69 Å². The molecule has 0 saturated heterocycles. The Bertz CT molecular complexity index is 811.